The van der Waals surface area contributed by atoms with E-state index in [0.717, 1.165) is 37.7 Å². The minimum Gasteiger partial charge on any atom is -0.491 e. The molecule has 9 nitrogen and oxygen atoms in total. The van der Waals surface area contributed by atoms with E-state index >= 15 is 0 Å². The van der Waals surface area contributed by atoms with Gasteiger partial charge in [-0.3, -0.25) is 14.3 Å². The lowest BCUT2D eigenvalue weighted by Gasteiger charge is -2.18. The van der Waals surface area contributed by atoms with Crippen LogP contribution in [0.2, 0.25) is 0 Å². The number of anilines is 1. The SMILES string of the molecule is CCCC[C@H](CC)CNc1nc2c(c(=O)[nH]c(=O)n2C)n1C[C@H](O)COc1cccc(CC)c1. The average Bonchev–Trinajstić information content (AvgIpc) is 3.20. The molecule has 3 aromatic rings. The molecule has 2 heterocycles. The van der Waals surface area contributed by atoms with Crippen LogP contribution in [-0.2, 0) is 20.0 Å². The smallest absolute Gasteiger partial charge is 0.329 e. The number of fused-ring (bicyclic) bond motifs is 1. The number of benzene rings is 1. The maximum atomic E-state index is 12.7. The number of aliphatic hydroxyl groups is 1. The molecule has 0 saturated carbocycles. The van der Waals surface area contributed by atoms with E-state index in [9.17, 15) is 14.7 Å². The molecule has 0 aliphatic carbocycles. The minimum atomic E-state index is -0.887. The van der Waals surface area contributed by atoms with E-state index in [0.29, 0.717) is 24.2 Å². The molecule has 3 N–H and O–H groups in total. The van der Waals surface area contributed by atoms with Gasteiger partial charge in [-0.05, 0) is 36.5 Å². The van der Waals surface area contributed by atoms with Crippen molar-refractivity contribution >= 4 is 17.1 Å². The molecule has 0 spiro atoms. The molecule has 186 valence electrons. The van der Waals surface area contributed by atoms with Crippen LogP contribution in [0.1, 0.15) is 52.0 Å². The number of nitrogens with one attached hydrogen (secondary N) is 2. The van der Waals surface area contributed by atoms with Crippen LogP contribution in [0.15, 0.2) is 33.9 Å². The fourth-order valence-corrected chi connectivity index (χ4v) is 4.04. The lowest BCUT2D eigenvalue weighted by molar-refractivity contribution is 0.0938. The molecule has 0 bridgehead atoms. The molecule has 0 amide bonds. The van der Waals surface area contributed by atoms with Crippen LogP contribution in [0.4, 0.5) is 5.95 Å². The quantitative estimate of drug-likeness (QED) is 0.353. The van der Waals surface area contributed by atoms with Crippen molar-refractivity contribution in [1.82, 2.24) is 19.1 Å². The lowest BCUT2D eigenvalue weighted by atomic mass is 9.99. The number of nitrogens with zero attached hydrogens (tertiary/aromatic N) is 3. The van der Waals surface area contributed by atoms with Gasteiger partial charge in [0.2, 0.25) is 5.95 Å². The summed E-state index contributed by atoms with van der Waals surface area (Å²) < 4.78 is 8.76. The van der Waals surface area contributed by atoms with Crippen molar-refractivity contribution in [1.29, 1.82) is 0 Å². The highest BCUT2D eigenvalue weighted by Gasteiger charge is 2.20. The first-order chi connectivity index (χ1) is 16.4. The third-order valence-electron chi connectivity index (χ3n) is 6.24. The van der Waals surface area contributed by atoms with Crippen molar-refractivity contribution in [2.24, 2.45) is 13.0 Å². The van der Waals surface area contributed by atoms with Gasteiger partial charge in [0.1, 0.15) is 18.5 Å². The molecular formula is C25H37N5O4. The highest BCUT2D eigenvalue weighted by Crippen LogP contribution is 2.19. The van der Waals surface area contributed by atoms with Crippen molar-refractivity contribution < 1.29 is 9.84 Å². The van der Waals surface area contributed by atoms with Crippen LogP contribution in [0.25, 0.3) is 11.2 Å². The van der Waals surface area contributed by atoms with Gasteiger partial charge in [-0.2, -0.15) is 4.98 Å². The van der Waals surface area contributed by atoms with E-state index in [2.05, 4.69) is 36.1 Å². The van der Waals surface area contributed by atoms with Crippen molar-refractivity contribution in [3.63, 3.8) is 0 Å². The fourth-order valence-electron chi connectivity index (χ4n) is 4.04. The van der Waals surface area contributed by atoms with E-state index in [1.165, 1.54) is 4.57 Å². The third kappa shape index (κ3) is 6.08. The maximum Gasteiger partial charge on any atom is 0.329 e. The van der Waals surface area contributed by atoms with Gasteiger partial charge >= 0.3 is 5.69 Å². The van der Waals surface area contributed by atoms with E-state index in [4.69, 9.17) is 4.74 Å². The first kappa shape index (κ1) is 25.6. The second-order valence-electron chi connectivity index (χ2n) is 8.80. The van der Waals surface area contributed by atoms with Crippen molar-refractivity contribution in [3.05, 3.63) is 50.7 Å². The molecule has 0 fully saturated rings. The number of aliphatic hydroxyl groups excluding tert-OH is 1. The Labute approximate surface area is 199 Å². The minimum absolute atomic E-state index is 0.0596. The van der Waals surface area contributed by atoms with Gasteiger partial charge < -0.3 is 19.7 Å². The van der Waals surface area contributed by atoms with E-state index in [-0.39, 0.29) is 24.3 Å². The summed E-state index contributed by atoms with van der Waals surface area (Å²) in [5.41, 5.74) is 0.628. The molecular weight excluding hydrogens is 434 g/mol. The Hall–Kier alpha value is -3.07. The van der Waals surface area contributed by atoms with Gasteiger partial charge in [0.05, 0.1) is 6.54 Å². The van der Waals surface area contributed by atoms with Crippen molar-refractivity contribution in [3.8, 4) is 5.75 Å². The second-order valence-corrected chi connectivity index (χ2v) is 8.80. The number of unbranched alkanes of at least 4 members (excludes halogenated alkanes) is 1. The molecule has 3 rings (SSSR count). The largest absolute Gasteiger partial charge is 0.491 e. The summed E-state index contributed by atoms with van der Waals surface area (Å²) in [4.78, 5) is 31.7. The number of imidazole rings is 1. The monoisotopic (exact) mass is 471 g/mol. The first-order valence-electron chi connectivity index (χ1n) is 12.2. The number of hydrogen-bond acceptors (Lipinski definition) is 6. The van der Waals surface area contributed by atoms with Crippen LogP contribution in [0, 0.1) is 5.92 Å². The van der Waals surface area contributed by atoms with Crippen LogP contribution < -0.4 is 21.3 Å². The zero-order valence-electron chi connectivity index (χ0n) is 20.6. The van der Waals surface area contributed by atoms with Gasteiger partial charge in [-0.15, -0.1) is 0 Å². The standard InChI is InChI=1S/C25H37N5O4/c1-5-8-10-18(7-3)14-26-24-27-22-21(23(32)28-25(33)29(22)4)30(24)15-19(31)16-34-20-12-9-11-17(6-2)13-20/h9,11-13,18-19,31H,5-8,10,14-16H2,1-4H3,(H,26,27)(H,28,32,33)/t18-,19-/m0/s1. The van der Waals surface area contributed by atoms with Crippen molar-refractivity contribution in [2.45, 2.75) is 65.5 Å². The zero-order chi connectivity index (χ0) is 24.7. The predicted molar refractivity (Wildman–Crippen MR) is 135 cm³/mol. The number of aromatic nitrogens is 4. The topological polar surface area (TPSA) is 114 Å². The Kier molecular flexibility index (Phi) is 8.92. The van der Waals surface area contributed by atoms with Crippen LogP contribution in [-0.4, -0.2) is 43.5 Å². The molecule has 0 radical (unpaired) electrons. The Morgan fingerprint density at radius 2 is 2.03 bits per heavy atom. The van der Waals surface area contributed by atoms with Gasteiger partial charge in [0.25, 0.3) is 5.56 Å². The molecule has 1 aromatic carbocycles. The first-order valence-corrected chi connectivity index (χ1v) is 12.2. The molecule has 9 heteroatoms. The number of aryl methyl sites for hydroxylation is 2. The highest BCUT2D eigenvalue weighted by molar-refractivity contribution is 5.74. The van der Waals surface area contributed by atoms with Gasteiger partial charge in [0, 0.05) is 13.6 Å². The number of hydrogen-bond donors (Lipinski definition) is 3. The summed E-state index contributed by atoms with van der Waals surface area (Å²) in [5, 5.41) is 14.1. The number of H-pyrrole nitrogens is 1. The fraction of sp³-hybridized carbons (Fsp3) is 0.560. The maximum absolute atomic E-state index is 12.7. The summed E-state index contributed by atoms with van der Waals surface area (Å²) >= 11 is 0. The van der Waals surface area contributed by atoms with E-state index in [1.807, 2.05) is 24.3 Å². The van der Waals surface area contributed by atoms with Gasteiger partial charge in [-0.25, -0.2) is 4.79 Å². The predicted octanol–water partition coefficient (Wildman–Crippen LogP) is 3.05. The lowest BCUT2D eigenvalue weighted by Crippen LogP contribution is -2.31. The number of rotatable bonds is 13. The molecule has 0 saturated heterocycles. The van der Waals surface area contributed by atoms with E-state index < -0.39 is 17.4 Å². The average molecular weight is 472 g/mol. The van der Waals surface area contributed by atoms with E-state index in [1.54, 1.807) is 11.6 Å². The zero-order valence-corrected chi connectivity index (χ0v) is 20.6. The van der Waals surface area contributed by atoms with Crippen molar-refractivity contribution in [2.75, 3.05) is 18.5 Å². The normalized spacial score (nSPS) is 13.2. The number of aromatic amines is 1. The molecule has 2 atom stereocenters. The highest BCUT2D eigenvalue weighted by atomic mass is 16.5. The van der Waals surface area contributed by atoms with Gasteiger partial charge in [-0.1, -0.05) is 52.2 Å². The molecule has 0 unspecified atom stereocenters. The van der Waals surface area contributed by atoms with Gasteiger partial charge in [0.15, 0.2) is 11.2 Å². The molecule has 34 heavy (non-hydrogen) atoms. The van der Waals surface area contributed by atoms with Crippen LogP contribution in [0.3, 0.4) is 0 Å². The number of ether oxygens (including phenoxy) is 1. The summed E-state index contributed by atoms with van der Waals surface area (Å²) in [6.07, 6.45) is 4.43. The summed E-state index contributed by atoms with van der Waals surface area (Å²) in [7, 11) is 1.57. The van der Waals surface area contributed by atoms with Crippen LogP contribution >= 0.6 is 0 Å². The van der Waals surface area contributed by atoms with Crippen LogP contribution in [0.5, 0.6) is 5.75 Å². The Morgan fingerprint density at radius 3 is 2.74 bits per heavy atom. The Balaban J connectivity index is 1.84. The third-order valence-corrected chi connectivity index (χ3v) is 6.24. The second kappa shape index (κ2) is 11.9. The summed E-state index contributed by atoms with van der Waals surface area (Å²) in [6.45, 7) is 7.26. The Morgan fingerprint density at radius 1 is 1.24 bits per heavy atom. The molecule has 0 aliphatic heterocycles. The molecule has 2 aromatic heterocycles. The summed E-state index contributed by atoms with van der Waals surface area (Å²) in [5.74, 6) is 1.62. The molecule has 0 aliphatic rings. The summed E-state index contributed by atoms with van der Waals surface area (Å²) in [6, 6.07) is 7.76. The Bertz CT molecular complexity index is 1200.